The molecule has 1 aliphatic rings. The van der Waals surface area contributed by atoms with Crippen molar-refractivity contribution in [3.05, 3.63) is 29.3 Å². The van der Waals surface area contributed by atoms with E-state index in [4.69, 9.17) is 9.47 Å². The normalized spacial score (nSPS) is 12.1. The molecular weight excluding hydrogens is 220 g/mol. The molecule has 1 aromatic rings. The minimum Gasteiger partial charge on any atom is -0.454 e. The Balaban J connectivity index is 2.37. The highest BCUT2D eigenvalue weighted by Gasteiger charge is 2.14. The van der Waals surface area contributed by atoms with Crippen LogP contribution >= 0.6 is 0 Å². The van der Waals surface area contributed by atoms with Crippen LogP contribution in [-0.2, 0) is 9.59 Å². The van der Waals surface area contributed by atoms with Crippen LogP contribution in [0.5, 0.6) is 11.5 Å². The molecule has 0 fully saturated rings. The summed E-state index contributed by atoms with van der Waals surface area (Å²) in [5, 5.41) is 0. The van der Waals surface area contributed by atoms with Crippen molar-refractivity contribution in [2.45, 2.75) is 13.8 Å². The van der Waals surface area contributed by atoms with Crippen molar-refractivity contribution in [2.24, 2.45) is 0 Å². The predicted molar refractivity (Wildman–Crippen MR) is 61.9 cm³/mol. The number of carbonyl (C=O) groups is 2. The maximum Gasteiger partial charge on any atom is 0.231 e. The number of carbonyl (C=O) groups excluding carboxylic acids is 2. The molecule has 1 aliphatic heterocycles. The van der Waals surface area contributed by atoms with Crippen LogP contribution in [0.2, 0.25) is 0 Å². The molecule has 4 nitrogen and oxygen atoms in total. The van der Waals surface area contributed by atoms with Crippen LogP contribution in [0.15, 0.2) is 23.8 Å². The second-order valence-electron chi connectivity index (χ2n) is 3.78. The van der Waals surface area contributed by atoms with Gasteiger partial charge in [-0.1, -0.05) is 6.07 Å². The maximum absolute atomic E-state index is 11.3. The molecule has 0 unspecified atom stereocenters. The van der Waals surface area contributed by atoms with Crippen LogP contribution in [-0.4, -0.2) is 18.4 Å². The lowest BCUT2D eigenvalue weighted by Crippen LogP contribution is -2.05. The highest BCUT2D eigenvalue weighted by molar-refractivity contribution is 6.21. The number of hydrogen-bond acceptors (Lipinski definition) is 4. The standard InChI is InChI=1S/C13H12O4/c1-8(14)11(9(2)15)5-10-3-4-12-13(6-10)17-7-16-12/h3-6H,7H2,1-2H3. The van der Waals surface area contributed by atoms with Crippen molar-refractivity contribution < 1.29 is 19.1 Å². The van der Waals surface area contributed by atoms with Crippen molar-refractivity contribution in [2.75, 3.05) is 6.79 Å². The number of rotatable bonds is 3. The fourth-order valence-corrected chi connectivity index (χ4v) is 1.62. The Morgan fingerprint density at radius 3 is 2.41 bits per heavy atom. The number of fused-ring (bicyclic) bond motifs is 1. The molecule has 0 spiro atoms. The molecule has 0 aromatic heterocycles. The Hall–Kier alpha value is -2.10. The van der Waals surface area contributed by atoms with Crippen LogP contribution in [0.25, 0.3) is 6.08 Å². The van der Waals surface area contributed by atoms with Crippen molar-refractivity contribution in [1.82, 2.24) is 0 Å². The summed E-state index contributed by atoms with van der Waals surface area (Å²) >= 11 is 0. The molecule has 0 saturated carbocycles. The first-order chi connectivity index (χ1) is 8.08. The molecule has 0 aliphatic carbocycles. The van der Waals surface area contributed by atoms with E-state index in [0.29, 0.717) is 11.5 Å². The van der Waals surface area contributed by atoms with Gasteiger partial charge in [0.2, 0.25) is 6.79 Å². The molecule has 0 amide bonds. The van der Waals surface area contributed by atoms with E-state index in [1.807, 2.05) is 0 Å². The molecule has 2 rings (SSSR count). The summed E-state index contributed by atoms with van der Waals surface area (Å²) in [6.45, 7) is 2.95. The maximum atomic E-state index is 11.3. The van der Waals surface area contributed by atoms with Gasteiger partial charge in [0.05, 0.1) is 5.57 Å². The van der Waals surface area contributed by atoms with Gasteiger partial charge in [0.15, 0.2) is 23.1 Å². The highest BCUT2D eigenvalue weighted by atomic mass is 16.7. The molecule has 17 heavy (non-hydrogen) atoms. The summed E-state index contributed by atoms with van der Waals surface area (Å²) in [6.07, 6.45) is 1.56. The van der Waals surface area contributed by atoms with Gasteiger partial charge in [0.25, 0.3) is 0 Å². The van der Waals surface area contributed by atoms with Gasteiger partial charge < -0.3 is 9.47 Å². The van der Waals surface area contributed by atoms with Crippen LogP contribution in [0.4, 0.5) is 0 Å². The quantitative estimate of drug-likeness (QED) is 0.454. The average Bonchev–Trinajstić information content (AvgIpc) is 2.71. The number of ether oxygens (including phenoxy) is 2. The van der Waals surface area contributed by atoms with Gasteiger partial charge >= 0.3 is 0 Å². The molecular formula is C13H12O4. The minimum absolute atomic E-state index is 0.184. The molecule has 0 radical (unpaired) electrons. The Morgan fingerprint density at radius 2 is 1.76 bits per heavy atom. The largest absolute Gasteiger partial charge is 0.454 e. The molecule has 0 atom stereocenters. The van der Waals surface area contributed by atoms with Gasteiger partial charge in [0, 0.05) is 0 Å². The van der Waals surface area contributed by atoms with Gasteiger partial charge in [-0.05, 0) is 37.6 Å². The zero-order valence-electron chi connectivity index (χ0n) is 9.65. The van der Waals surface area contributed by atoms with Crippen LogP contribution in [0.3, 0.4) is 0 Å². The third-order valence-electron chi connectivity index (χ3n) is 2.47. The van der Waals surface area contributed by atoms with E-state index >= 15 is 0 Å². The summed E-state index contributed by atoms with van der Waals surface area (Å²) in [6, 6.07) is 5.28. The molecule has 0 saturated heterocycles. The van der Waals surface area contributed by atoms with E-state index < -0.39 is 0 Å². The van der Waals surface area contributed by atoms with Gasteiger partial charge in [-0.15, -0.1) is 0 Å². The van der Waals surface area contributed by atoms with E-state index in [9.17, 15) is 9.59 Å². The third-order valence-corrected chi connectivity index (χ3v) is 2.47. The molecule has 0 N–H and O–H groups in total. The topological polar surface area (TPSA) is 52.6 Å². The first kappa shape index (κ1) is 11.4. The van der Waals surface area contributed by atoms with E-state index in [-0.39, 0.29) is 23.9 Å². The number of allylic oxidation sites excluding steroid dienone is 1. The monoisotopic (exact) mass is 232 g/mol. The second kappa shape index (κ2) is 4.41. The zero-order valence-corrected chi connectivity index (χ0v) is 9.65. The number of Topliss-reactive ketones (excluding diaryl/α,β-unsaturated/α-hetero) is 2. The van der Waals surface area contributed by atoms with E-state index in [0.717, 1.165) is 5.56 Å². The highest BCUT2D eigenvalue weighted by Crippen LogP contribution is 2.33. The molecule has 88 valence electrons. The first-order valence-electron chi connectivity index (χ1n) is 5.21. The van der Waals surface area contributed by atoms with Crippen molar-refractivity contribution >= 4 is 17.6 Å². The van der Waals surface area contributed by atoms with Gasteiger partial charge in [-0.3, -0.25) is 9.59 Å². The fourth-order valence-electron chi connectivity index (χ4n) is 1.62. The van der Waals surface area contributed by atoms with Gasteiger partial charge in [0.1, 0.15) is 0 Å². The minimum atomic E-state index is -0.241. The Kier molecular flexibility index (Phi) is 2.95. The molecule has 1 aromatic carbocycles. The van der Waals surface area contributed by atoms with Crippen LogP contribution < -0.4 is 9.47 Å². The van der Waals surface area contributed by atoms with Crippen LogP contribution in [0.1, 0.15) is 19.4 Å². The summed E-state index contributed by atoms with van der Waals surface area (Å²) < 4.78 is 10.4. The Labute approximate surface area is 98.8 Å². The lowest BCUT2D eigenvalue weighted by molar-refractivity contribution is -0.119. The Morgan fingerprint density at radius 1 is 1.12 bits per heavy atom. The zero-order chi connectivity index (χ0) is 12.4. The van der Waals surface area contributed by atoms with E-state index in [1.54, 1.807) is 24.3 Å². The lowest BCUT2D eigenvalue weighted by atomic mass is 10.0. The summed E-state index contributed by atoms with van der Waals surface area (Å²) in [5.41, 5.74) is 0.929. The second-order valence-corrected chi connectivity index (χ2v) is 3.78. The number of benzene rings is 1. The summed E-state index contributed by atoms with van der Waals surface area (Å²) in [5.74, 6) is 0.824. The summed E-state index contributed by atoms with van der Waals surface area (Å²) in [4.78, 5) is 22.6. The smallest absolute Gasteiger partial charge is 0.231 e. The fraction of sp³-hybridized carbons (Fsp3) is 0.231. The molecule has 1 heterocycles. The SMILES string of the molecule is CC(=O)C(=Cc1ccc2c(c1)OCO2)C(C)=O. The molecule has 4 heteroatoms. The third kappa shape index (κ3) is 2.36. The summed E-state index contributed by atoms with van der Waals surface area (Å²) in [7, 11) is 0. The van der Waals surface area contributed by atoms with Crippen molar-refractivity contribution in [3.8, 4) is 11.5 Å². The lowest BCUT2D eigenvalue weighted by Gasteiger charge is -2.01. The van der Waals surface area contributed by atoms with E-state index in [1.165, 1.54) is 13.8 Å². The van der Waals surface area contributed by atoms with Gasteiger partial charge in [-0.2, -0.15) is 0 Å². The van der Waals surface area contributed by atoms with Crippen LogP contribution in [0, 0.1) is 0 Å². The molecule has 0 bridgehead atoms. The Bertz CT molecular complexity index is 498. The number of ketones is 2. The van der Waals surface area contributed by atoms with Crippen molar-refractivity contribution in [3.63, 3.8) is 0 Å². The predicted octanol–water partition coefficient (Wildman–Crippen LogP) is 1.98. The number of hydrogen-bond donors (Lipinski definition) is 0. The van der Waals surface area contributed by atoms with Gasteiger partial charge in [-0.25, -0.2) is 0 Å². The van der Waals surface area contributed by atoms with E-state index in [2.05, 4.69) is 0 Å². The average molecular weight is 232 g/mol. The first-order valence-corrected chi connectivity index (χ1v) is 5.21. The van der Waals surface area contributed by atoms with Crippen molar-refractivity contribution in [1.29, 1.82) is 0 Å².